The Morgan fingerprint density at radius 1 is 1.40 bits per heavy atom. The number of nitrogens with one attached hydrogen (secondary N) is 2. The van der Waals surface area contributed by atoms with E-state index in [4.69, 9.17) is 5.41 Å². The van der Waals surface area contributed by atoms with E-state index in [-0.39, 0.29) is 17.8 Å². The number of rotatable bonds is 5. The lowest BCUT2D eigenvalue weighted by molar-refractivity contribution is -0.274. The van der Waals surface area contributed by atoms with Gasteiger partial charge < -0.3 is 9.64 Å². The number of nitrogens with zero attached hydrogens (tertiary/aromatic N) is 3. The fourth-order valence-electron chi connectivity index (χ4n) is 1.99. The smallest absolute Gasteiger partial charge is 0.406 e. The van der Waals surface area contributed by atoms with E-state index in [9.17, 15) is 22.8 Å². The van der Waals surface area contributed by atoms with Crippen molar-refractivity contribution >= 4 is 28.4 Å². The van der Waals surface area contributed by atoms with Crippen molar-refractivity contribution in [2.45, 2.75) is 13.3 Å². The topological polar surface area (TPSA) is 100 Å². The maximum atomic E-state index is 12.2. The van der Waals surface area contributed by atoms with E-state index < -0.39 is 23.9 Å². The molecular weight excluding hydrogens is 343 g/mol. The maximum absolute atomic E-state index is 12.2. The first-order valence-electron chi connectivity index (χ1n) is 6.91. The van der Waals surface area contributed by atoms with Crippen LogP contribution in [0.25, 0.3) is 10.9 Å². The molecule has 0 saturated carbocycles. The van der Waals surface area contributed by atoms with Gasteiger partial charge in [0.1, 0.15) is 12.3 Å². The SMILES string of the molecule is CC(=N)C(=O)N(C)CC(=O)Nn1cc2ccc(OC(F)(F)F)cc2n1. The summed E-state index contributed by atoms with van der Waals surface area (Å²) in [4.78, 5) is 25.5. The quantitative estimate of drug-likeness (QED) is 0.792. The first-order chi connectivity index (χ1) is 11.5. The van der Waals surface area contributed by atoms with E-state index >= 15 is 0 Å². The average molecular weight is 357 g/mol. The second kappa shape index (κ2) is 6.79. The van der Waals surface area contributed by atoms with Crippen LogP contribution in [0.1, 0.15) is 6.92 Å². The van der Waals surface area contributed by atoms with Crippen molar-refractivity contribution in [1.82, 2.24) is 14.8 Å². The van der Waals surface area contributed by atoms with Crippen molar-refractivity contribution in [2.24, 2.45) is 0 Å². The number of carbonyl (C=O) groups excluding carboxylic acids is 2. The highest BCUT2D eigenvalue weighted by Gasteiger charge is 2.31. The molecule has 1 aromatic carbocycles. The molecular formula is C14H14F3N5O3. The molecule has 8 nitrogen and oxygen atoms in total. The summed E-state index contributed by atoms with van der Waals surface area (Å²) in [5, 5.41) is 11.6. The minimum atomic E-state index is -4.81. The molecule has 134 valence electrons. The van der Waals surface area contributed by atoms with Gasteiger partial charge in [0.15, 0.2) is 0 Å². The maximum Gasteiger partial charge on any atom is 0.573 e. The normalized spacial score (nSPS) is 11.2. The highest BCUT2D eigenvalue weighted by Crippen LogP contribution is 2.25. The first kappa shape index (κ1) is 18.2. The number of carbonyl (C=O) groups is 2. The van der Waals surface area contributed by atoms with Gasteiger partial charge in [-0.25, -0.2) is 5.43 Å². The number of ether oxygens (including phenoxy) is 1. The van der Waals surface area contributed by atoms with Gasteiger partial charge in [-0.1, -0.05) is 0 Å². The molecule has 1 heterocycles. The fourth-order valence-corrected chi connectivity index (χ4v) is 1.99. The van der Waals surface area contributed by atoms with Gasteiger partial charge in [0, 0.05) is 18.5 Å². The zero-order valence-electron chi connectivity index (χ0n) is 13.2. The number of benzene rings is 1. The number of hydrogen-bond acceptors (Lipinski definition) is 5. The number of fused-ring (bicyclic) bond motifs is 1. The zero-order valence-corrected chi connectivity index (χ0v) is 13.2. The Labute approximate surface area is 139 Å². The van der Waals surface area contributed by atoms with Crippen LogP contribution < -0.4 is 10.2 Å². The molecule has 0 radical (unpaired) electrons. The van der Waals surface area contributed by atoms with E-state index in [1.165, 1.54) is 26.2 Å². The standard InChI is InChI=1S/C14H14F3N5O3/c1-8(18)13(24)21(2)7-12(23)20-22-6-9-3-4-10(5-11(9)19-22)25-14(15,16)17/h3-6,18H,7H2,1-2H3,(H,20,23). The van der Waals surface area contributed by atoms with Crippen LogP contribution in [0.2, 0.25) is 0 Å². The molecule has 0 fully saturated rings. The van der Waals surface area contributed by atoms with Crippen molar-refractivity contribution in [3.05, 3.63) is 24.4 Å². The third kappa shape index (κ3) is 4.93. The van der Waals surface area contributed by atoms with E-state index in [0.717, 1.165) is 21.8 Å². The second-order valence-electron chi connectivity index (χ2n) is 5.16. The van der Waals surface area contributed by atoms with Crippen molar-refractivity contribution in [1.29, 1.82) is 5.41 Å². The molecule has 0 aliphatic heterocycles. The summed E-state index contributed by atoms with van der Waals surface area (Å²) in [5.74, 6) is -1.62. The van der Waals surface area contributed by atoms with Crippen LogP contribution in [-0.4, -0.2) is 52.3 Å². The molecule has 0 spiro atoms. The fraction of sp³-hybridized carbons (Fsp3) is 0.286. The lowest BCUT2D eigenvalue weighted by Crippen LogP contribution is -2.39. The third-order valence-electron chi connectivity index (χ3n) is 3.00. The second-order valence-corrected chi connectivity index (χ2v) is 5.16. The predicted molar refractivity (Wildman–Crippen MR) is 81.8 cm³/mol. The van der Waals surface area contributed by atoms with Crippen LogP contribution in [0.5, 0.6) is 5.75 Å². The minimum absolute atomic E-state index is 0.182. The summed E-state index contributed by atoms with van der Waals surface area (Å²) in [6.45, 7) is 0.991. The molecule has 0 unspecified atom stereocenters. The summed E-state index contributed by atoms with van der Waals surface area (Å²) < 4.78 is 40.4. The van der Waals surface area contributed by atoms with Gasteiger partial charge in [-0.2, -0.15) is 9.89 Å². The molecule has 0 aliphatic rings. The Hall–Kier alpha value is -3.11. The van der Waals surface area contributed by atoms with Gasteiger partial charge in [-0.05, 0) is 19.1 Å². The Bertz CT molecular complexity index is 831. The summed E-state index contributed by atoms with van der Waals surface area (Å²) in [6, 6.07) is 3.57. The van der Waals surface area contributed by atoms with Crippen LogP contribution in [0.4, 0.5) is 13.2 Å². The minimum Gasteiger partial charge on any atom is -0.406 e. The molecule has 0 saturated heterocycles. The van der Waals surface area contributed by atoms with Crippen molar-refractivity contribution in [2.75, 3.05) is 19.0 Å². The number of likely N-dealkylation sites (N-methyl/N-ethyl adjacent to an activating group) is 1. The number of halogens is 3. The van der Waals surface area contributed by atoms with Crippen LogP contribution in [0.3, 0.4) is 0 Å². The first-order valence-corrected chi connectivity index (χ1v) is 6.91. The Morgan fingerprint density at radius 2 is 2.08 bits per heavy atom. The summed E-state index contributed by atoms with van der Waals surface area (Å²) in [5.41, 5.74) is 2.33. The van der Waals surface area contributed by atoms with Gasteiger partial charge in [0.2, 0.25) is 0 Å². The monoisotopic (exact) mass is 357 g/mol. The molecule has 11 heteroatoms. The molecule has 0 atom stereocenters. The third-order valence-corrected chi connectivity index (χ3v) is 3.00. The summed E-state index contributed by atoms with van der Waals surface area (Å²) in [6.07, 6.45) is -3.41. The Balaban J connectivity index is 2.07. The molecule has 2 rings (SSSR count). The Morgan fingerprint density at radius 3 is 2.68 bits per heavy atom. The molecule has 25 heavy (non-hydrogen) atoms. The van der Waals surface area contributed by atoms with Gasteiger partial charge in [0.25, 0.3) is 11.8 Å². The zero-order chi connectivity index (χ0) is 18.8. The van der Waals surface area contributed by atoms with Crippen molar-refractivity contribution in [3.63, 3.8) is 0 Å². The van der Waals surface area contributed by atoms with Crippen LogP contribution >= 0.6 is 0 Å². The van der Waals surface area contributed by atoms with Crippen LogP contribution in [-0.2, 0) is 9.59 Å². The molecule has 2 aromatic rings. The summed E-state index contributed by atoms with van der Waals surface area (Å²) >= 11 is 0. The number of alkyl halides is 3. The number of aromatic nitrogens is 2. The summed E-state index contributed by atoms with van der Waals surface area (Å²) in [7, 11) is 1.36. The van der Waals surface area contributed by atoms with Crippen LogP contribution in [0.15, 0.2) is 24.4 Å². The number of hydrogen-bond donors (Lipinski definition) is 2. The highest BCUT2D eigenvalue weighted by molar-refractivity contribution is 6.36. The van der Waals surface area contributed by atoms with Gasteiger partial charge in [-0.15, -0.1) is 13.2 Å². The molecule has 2 amide bonds. The molecule has 0 bridgehead atoms. The molecule has 0 aliphatic carbocycles. The van der Waals surface area contributed by atoms with Crippen molar-refractivity contribution < 1.29 is 27.5 Å². The van der Waals surface area contributed by atoms with Gasteiger partial charge in [-0.3, -0.25) is 15.0 Å². The van der Waals surface area contributed by atoms with Crippen LogP contribution in [0, 0.1) is 5.41 Å². The van der Waals surface area contributed by atoms with Gasteiger partial charge >= 0.3 is 6.36 Å². The van der Waals surface area contributed by atoms with Crippen molar-refractivity contribution in [3.8, 4) is 5.75 Å². The Kier molecular flexibility index (Phi) is 4.95. The largest absolute Gasteiger partial charge is 0.573 e. The highest BCUT2D eigenvalue weighted by atomic mass is 19.4. The predicted octanol–water partition coefficient (Wildman–Crippen LogP) is 1.50. The molecule has 2 N–H and O–H groups in total. The van der Waals surface area contributed by atoms with E-state index in [2.05, 4.69) is 15.3 Å². The lowest BCUT2D eigenvalue weighted by atomic mass is 10.2. The van der Waals surface area contributed by atoms with E-state index in [1.807, 2.05) is 0 Å². The average Bonchev–Trinajstić information content (AvgIpc) is 2.85. The van der Waals surface area contributed by atoms with Gasteiger partial charge in [0.05, 0.1) is 17.4 Å². The molecule has 1 aromatic heterocycles. The number of amides is 2. The lowest BCUT2D eigenvalue weighted by Gasteiger charge is -2.15. The van der Waals surface area contributed by atoms with E-state index in [1.54, 1.807) is 0 Å². The van der Waals surface area contributed by atoms with E-state index in [0.29, 0.717) is 5.39 Å².